The molecule has 1 amide bonds. The average molecular weight is 357 g/mol. The van der Waals surface area contributed by atoms with Crippen LogP contribution in [0.25, 0.3) is 0 Å². The number of amides is 1. The maximum Gasteiger partial charge on any atom is 0.289 e. The van der Waals surface area contributed by atoms with Crippen molar-refractivity contribution in [3.8, 4) is 5.75 Å². The van der Waals surface area contributed by atoms with Crippen molar-refractivity contribution in [1.82, 2.24) is 4.90 Å². The first-order chi connectivity index (χ1) is 12.3. The molecule has 4 heteroatoms. The van der Waals surface area contributed by atoms with Gasteiger partial charge < -0.3 is 14.4 Å². The second-order valence-electron chi connectivity index (χ2n) is 7.24. The van der Waals surface area contributed by atoms with Gasteiger partial charge in [0, 0.05) is 14.1 Å². The van der Waals surface area contributed by atoms with Gasteiger partial charge in [0.25, 0.3) is 5.91 Å². The lowest BCUT2D eigenvalue weighted by molar-refractivity contribution is 0.0792. The zero-order chi connectivity index (χ0) is 19.5. The van der Waals surface area contributed by atoms with E-state index in [9.17, 15) is 9.90 Å². The fraction of sp³-hybridized carbons (Fsp3) is 0.500. The molecule has 4 nitrogen and oxygen atoms in total. The SMILES string of the molecule is CCC(C)c1cc(C(CC)(CC)c2ccc(C(=O)N(C)C)o2)ccc1O. The number of hydrogen-bond donors (Lipinski definition) is 1. The van der Waals surface area contributed by atoms with E-state index in [-0.39, 0.29) is 17.2 Å². The number of hydrogen-bond acceptors (Lipinski definition) is 3. The molecule has 1 unspecified atom stereocenters. The number of phenolic OH excluding ortho intramolecular Hbond substituents is 1. The average Bonchev–Trinajstić information content (AvgIpc) is 3.13. The summed E-state index contributed by atoms with van der Waals surface area (Å²) >= 11 is 0. The minimum Gasteiger partial charge on any atom is -0.508 e. The molecule has 2 rings (SSSR count). The summed E-state index contributed by atoms with van der Waals surface area (Å²) in [6.07, 6.45) is 2.65. The molecule has 0 aliphatic heterocycles. The van der Waals surface area contributed by atoms with Crippen LogP contribution in [-0.2, 0) is 5.41 Å². The first-order valence-electron chi connectivity index (χ1n) is 9.46. The number of nitrogens with zero attached hydrogens (tertiary/aromatic N) is 1. The van der Waals surface area contributed by atoms with E-state index in [1.807, 2.05) is 12.1 Å². The van der Waals surface area contributed by atoms with Gasteiger partial charge >= 0.3 is 0 Å². The Labute approximate surface area is 156 Å². The lowest BCUT2D eigenvalue weighted by Crippen LogP contribution is -2.26. The summed E-state index contributed by atoms with van der Waals surface area (Å²) in [6.45, 7) is 8.51. The minimum absolute atomic E-state index is 0.136. The van der Waals surface area contributed by atoms with Crippen molar-refractivity contribution in [3.05, 3.63) is 53.0 Å². The van der Waals surface area contributed by atoms with Crippen LogP contribution < -0.4 is 0 Å². The van der Waals surface area contributed by atoms with Crippen LogP contribution in [-0.4, -0.2) is 30.0 Å². The Morgan fingerprint density at radius 3 is 2.35 bits per heavy atom. The maximum atomic E-state index is 12.2. The highest BCUT2D eigenvalue weighted by Gasteiger charge is 2.35. The molecule has 0 saturated heterocycles. The second kappa shape index (κ2) is 7.98. The summed E-state index contributed by atoms with van der Waals surface area (Å²) in [6, 6.07) is 9.54. The highest BCUT2D eigenvalue weighted by atomic mass is 16.4. The third-order valence-electron chi connectivity index (χ3n) is 5.63. The molecule has 0 saturated carbocycles. The fourth-order valence-electron chi connectivity index (χ4n) is 3.55. The van der Waals surface area contributed by atoms with Crippen LogP contribution in [0.5, 0.6) is 5.75 Å². The van der Waals surface area contributed by atoms with E-state index in [0.717, 1.165) is 36.1 Å². The van der Waals surface area contributed by atoms with Crippen molar-refractivity contribution in [3.63, 3.8) is 0 Å². The van der Waals surface area contributed by atoms with Crippen LogP contribution in [0, 0.1) is 0 Å². The standard InChI is InChI=1S/C22H31NO3/c1-7-15(4)17-14-16(10-11-18(17)24)22(8-2,9-3)20-13-12-19(26-20)21(25)23(5)6/h10-15,24H,7-9H2,1-6H3. The molecule has 1 aromatic heterocycles. The lowest BCUT2D eigenvalue weighted by Gasteiger charge is -2.31. The molecule has 0 radical (unpaired) electrons. The molecule has 0 fully saturated rings. The number of carbonyl (C=O) groups excluding carboxylic acids is 1. The van der Waals surface area contributed by atoms with Gasteiger partial charge in [0.05, 0.1) is 5.41 Å². The first kappa shape index (κ1) is 20.1. The quantitative estimate of drug-likeness (QED) is 0.731. The summed E-state index contributed by atoms with van der Waals surface area (Å²) in [7, 11) is 3.44. The van der Waals surface area contributed by atoms with E-state index in [0.29, 0.717) is 11.5 Å². The summed E-state index contributed by atoms with van der Waals surface area (Å²) in [5.74, 6) is 1.64. The molecule has 1 N–H and O–H groups in total. The zero-order valence-electron chi connectivity index (χ0n) is 16.8. The molecular weight excluding hydrogens is 326 g/mol. The molecule has 0 aliphatic rings. The Hall–Kier alpha value is -2.23. The van der Waals surface area contributed by atoms with Crippen LogP contribution in [0.3, 0.4) is 0 Å². The highest BCUT2D eigenvalue weighted by Crippen LogP contribution is 2.42. The number of benzene rings is 1. The Morgan fingerprint density at radius 2 is 1.81 bits per heavy atom. The third-order valence-corrected chi connectivity index (χ3v) is 5.63. The van der Waals surface area contributed by atoms with Crippen LogP contribution >= 0.6 is 0 Å². The fourth-order valence-corrected chi connectivity index (χ4v) is 3.55. The van der Waals surface area contributed by atoms with Crippen LogP contribution in [0.1, 0.15) is 80.3 Å². The Balaban J connectivity index is 2.56. The molecule has 26 heavy (non-hydrogen) atoms. The van der Waals surface area contributed by atoms with Crippen LogP contribution in [0.2, 0.25) is 0 Å². The van der Waals surface area contributed by atoms with Crippen molar-refractivity contribution in [2.24, 2.45) is 0 Å². The van der Waals surface area contributed by atoms with Gasteiger partial charge in [0.2, 0.25) is 0 Å². The van der Waals surface area contributed by atoms with Crippen molar-refractivity contribution in [1.29, 1.82) is 0 Å². The third kappa shape index (κ3) is 3.50. The van der Waals surface area contributed by atoms with Crippen molar-refractivity contribution < 1.29 is 14.3 Å². The molecular formula is C22H31NO3. The molecule has 0 spiro atoms. The van der Waals surface area contributed by atoms with Crippen LogP contribution in [0.4, 0.5) is 0 Å². The normalized spacial score (nSPS) is 12.8. The molecule has 1 heterocycles. The van der Waals surface area contributed by atoms with Gasteiger partial charge in [0.1, 0.15) is 11.5 Å². The number of rotatable bonds is 7. The minimum atomic E-state index is -0.319. The number of aromatic hydroxyl groups is 1. The molecule has 142 valence electrons. The van der Waals surface area contributed by atoms with E-state index in [2.05, 4.69) is 33.8 Å². The molecule has 1 aromatic carbocycles. The molecule has 0 aliphatic carbocycles. The van der Waals surface area contributed by atoms with Gasteiger partial charge in [-0.15, -0.1) is 0 Å². The smallest absolute Gasteiger partial charge is 0.289 e. The van der Waals surface area contributed by atoms with Gasteiger partial charge in [-0.1, -0.05) is 39.8 Å². The van der Waals surface area contributed by atoms with E-state index in [1.54, 1.807) is 26.2 Å². The molecule has 2 aromatic rings. The van der Waals surface area contributed by atoms with Gasteiger partial charge in [-0.3, -0.25) is 4.79 Å². The van der Waals surface area contributed by atoms with Crippen molar-refractivity contribution >= 4 is 5.91 Å². The predicted octanol–water partition coefficient (Wildman–Crippen LogP) is 5.31. The maximum absolute atomic E-state index is 12.2. The Morgan fingerprint density at radius 1 is 1.15 bits per heavy atom. The largest absolute Gasteiger partial charge is 0.508 e. The van der Waals surface area contributed by atoms with E-state index >= 15 is 0 Å². The van der Waals surface area contributed by atoms with E-state index in [4.69, 9.17) is 4.42 Å². The monoisotopic (exact) mass is 357 g/mol. The summed E-state index contributed by atoms with van der Waals surface area (Å²) < 4.78 is 6.01. The van der Waals surface area contributed by atoms with Gasteiger partial charge in [0.15, 0.2) is 5.76 Å². The lowest BCUT2D eigenvalue weighted by atomic mass is 9.73. The van der Waals surface area contributed by atoms with Gasteiger partial charge in [-0.05, 0) is 54.5 Å². The molecule has 1 atom stereocenters. The van der Waals surface area contributed by atoms with E-state index < -0.39 is 0 Å². The van der Waals surface area contributed by atoms with E-state index in [1.165, 1.54) is 4.90 Å². The molecule has 0 bridgehead atoms. The number of furan rings is 1. The first-order valence-corrected chi connectivity index (χ1v) is 9.46. The zero-order valence-corrected chi connectivity index (χ0v) is 16.8. The second-order valence-corrected chi connectivity index (χ2v) is 7.24. The van der Waals surface area contributed by atoms with Crippen LogP contribution in [0.15, 0.2) is 34.7 Å². The van der Waals surface area contributed by atoms with Gasteiger partial charge in [-0.25, -0.2) is 0 Å². The van der Waals surface area contributed by atoms with Crippen molar-refractivity contribution in [2.45, 2.75) is 58.3 Å². The van der Waals surface area contributed by atoms with Gasteiger partial charge in [-0.2, -0.15) is 0 Å². The summed E-state index contributed by atoms with van der Waals surface area (Å²) in [4.78, 5) is 13.7. The predicted molar refractivity (Wildman–Crippen MR) is 105 cm³/mol. The Kier molecular flexibility index (Phi) is 6.17. The Bertz CT molecular complexity index is 756. The number of phenols is 1. The number of carbonyl (C=O) groups is 1. The summed E-state index contributed by atoms with van der Waals surface area (Å²) in [5.41, 5.74) is 1.77. The van der Waals surface area contributed by atoms with Crippen molar-refractivity contribution in [2.75, 3.05) is 14.1 Å². The highest BCUT2D eigenvalue weighted by molar-refractivity contribution is 5.91. The summed E-state index contributed by atoms with van der Waals surface area (Å²) in [5, 5.41) is 10.3. The topological polar surface area (TPSA) is 53.7 Å².